The highest BCUT2D eigenvalue weighted by molar-refractivity contribution is 9.11. The summed E-state index contributed by atoms with van der Waals surface area (Å²) < 4.78 is 32.6. The van der Waals surface area contributed by atoms with E-state index in [1.54, 1.807) is 42.5 Å². The second-order valence-corrected chi connectivity index (χ2v) is 8.58. The van der Waals surface area contributed by atoms with Gasteiger partial charge < -0.3 is 0 Å². The molecule has 0 saturated heterocycles. The number of hydrogen-bond acceptors (Lipinski definition) is 5. The van der Waals surface area contributed by atoms with E-state index in [0.717, 1.165) is 11.3 Å². The Bertz CT molecular complexity index is 927. The van der Waals surface area contributed by atoms with Gasteiger partial charge in [0.1, 0.15) is 10.6 Å². The average molecular weight is 475 g/mol. The molecule has 3 rings (SSSR count). The standard InChI is InChI=1S/C14H9Br2N3O2S2/c15-10-3-6-12(16)14(7-10)23(20,21)18-11-4-1-9(2-5-11)13-8-22-19-17-13/h1-8,18H. The van der Waals surface area contributed by atoms with Gasteiger partial charge in [0.25, 0.3) is 10.0 Å². The van der Waals surface area contributed by atoms with Crippen LogP contribution in [0.2, 0.25) is 0 Å². The molecular formula is C14H9Br2N3O2S2. The molecule has 1 heterocycles. The largest absolute Gasteiger partial charge is 0.280 e. The second-order valence-electron chi connectivity index (χ2n) is 4.55. The molecule has 0 amide bonds. The fraction of sp³-hybridized carbons (Fsp3) is 0. The third-order valence-corrected chi connectivity index (χ3v) is 6.35. The Kier molecular flexibility index (Phi) is 4.81. The van der Waals surface area contributed by atoms with Crippen LogP contribution in [-0.2, 0) is 10.0 Å². The van der Waals surface area contributed by atoms with E-state index in [-0.39, 0.29) is 4.90 Å². The van der Waals surface area contributed by atoms with Crippen LogP contribution in [0.5, 0.6) is 0 Å². The molecule has 0 fully saturated rings. The van der Waals surface area contributed by atoms with Crippen molar-refractivity contribution in [1.29, 1.82) is 0 Å². The topological polar surface area (TPSA) is 72.0 Å². The summed E-state index contributed by atoms with van der Waals surface area (Å²) in [5.41, 5.74) is 2.12. The Morgan fingerprint density at radius 1 is 1.04 bits per heavy atom. The lowest BCUT2D eigenvalue weighted by Crippen LogP contribution is -2.13. The van der Waals surface area contributed by atoms with E-state index in [1.807, 2.05) is 5.38 Å². The van der Waals surface area contributed by atoms with E-state index in [1.165, 1.54) is 11.5 Å². The van der Waals surface area contributed by atoms with Crippen molar-refractivity contribution >= 4 is 59.1 Å². The molecule has 9 heteroatoms. The van der Waals surface area contributed by atoms with Gasteiger partial charge in [0.15, 0.2) is 0 Å². The van der Waals surface area contributed by atoms with Crippen LogP contribution in [0, 0.1) is 0 Å². The van der Waals surface area contributed by atoms with Gasteiger partial charge in [0, 0.05) is 25.6 Å². The Morgan fingerprint density at radius 3 is 2.43 bits per heavy atom. The predicted octanol–water partition coefficient (Wildman–Crippen LogP) is 4.53. The van der Waals surface area contributed by atoms with Crippen molar-refractivity contribution in [2.45, 2.75) is 4.90 Å². The summed E-state index contributed by atoms with van der Waals surface area (Å²) in [4.78, 5) is 0.166. The molecule has 0 unspecified atom stereocenters. The summed E-state index contributed by atoms with van der Waals surface area (Å²) in [6.07, 6.45) is 0. The number of sulfonamides is 1. The molecule has 0 aliphatic heterocycles. The van der Waals surface area contributed by atoms with Crippen molar-refractivity contribution in [3.63, 3.8) is 0 Å². The van der Waals surface area contributed by atoms with E-state index >= 15 is 0 Å². The highest BCUT2D eigenvalue weighted by Gasteiger charge is 2.18. The third kappa shape index (κ3) is 3.79. The molecule has 0 spiro atoms. The van der Waals surface area contributed by atoms with E-state index < -0.39 is 10.0 Å². The number of hydrogen-bond donors (Lipinski definition) is 1. The van der Waals surface area contributed by atoms with Crippen LogP contribution >= 0.6 is 43.4 Å². The van der Waals surface area contributed by atoms with Crippen LogP contribution in [0.3, 0.4) is 0 Å². The molecule has 1 N–H and O–H groups in total. The van der Waals surface area contributed by atoms with Gasteiger partial charge in [0.2, 0.25) is 0 Å². The molecule has 0 atom stereocenters. The molecule has 3 aromatic rings. The zero-order valence-electron chi connectivity index (χ0n) is 11.4. The average Bonchev–Trinajstić information content (AvgIpc) is 3.04. The molecule has 0 saturated carbocycles. The lowest BCUT2D eigenvalue weighted by atomic mass is 10.2. The number of aromatic nitrogens is 2. The number of benzene rings is 2. The normalized spacial score (nSPS) is 11.4. The van der Waals surface area contributed by atoms with Gasteiger partial charge in [-0.3, -0.25) is 4.72 Å². The molecule has 5 nitrogen and oxygen atoms in total. The van der Waals surface area contributed by atoms with Gasteiger partial charge in [-0.05, 0) is 57.8 Å². The first-order valence-corrected chi connectivity index (χ1v) is 10.2. The maximum Gasteiger partial charge on any atom is 0.263 e. The van der Waals surface area contributed by atoms with E-state index in [4.69, 9.17) is 0 Å². The summed E-state index contributed by atoms with van der Waals surface area (Å²) in [7, 11) is -3.69. The highest BCUT2D eigenvalue weighted by Crippen LogP contribution is 2.28. The molecule has 23 heavy (non-hydrogen) atoms. The van der Waals surface area contributed by atoms with E-state index in [0.29, 0.717) is 14.6 Å². The van der Waals surface area contributed by atoms with Crippen LogP contribution in [0.25, 0.3) is 11.3 Å². The molecule has 0 bridgehead atoms. The van der Waals surface area contributed by atoms with Crippen molar-refractivity contribution in [3.8, 4) is 11.3 Å². The first-order valence-electron chi connectivity index (χ1n) is 6.31. The fourth-order valence-electron chi connectivity index (χ4n) is 1.89. The predicted molar refractivity (Wildman–Crippen MR) is 98.0 cm³/mol. The van der Waals surface area contributed by atoms with Gasteiger partial charge in [-0.1, -0.05) is 32.6 Å². The van der Waals surface area contributed by atoms with Crippen LogP contribution in [0.15, 0.2) is 61.7 Å². The van der Waals surface area contributed by atoms with Crippen LogP contribution in [0.4, 0.5) is 5.69 Å². The molecule has 0 aliphatic rings. The SMILES string of the molecule is O=S(=O)(Nc1ccc(-c2csnn2)cc1)c1cc(Br)ccc1Br. The van der Waals surface area contributed by atoms with Gasteiger partial charge in [-0.2, -0.15) is 0 Å². The smallest absolute Gasteiger partial charge is 0.263 e. The van der Waals surface area contributed by atoms with Crippen LogP contribution < -0.4 is 4.72 Å². The summed E-state index contributed by atoms with van der Waals surface area (Å²) >= 11 is 7.81. The summed E-state index contributed by atoms with van der Waals surface area (Å²) in [6.45, 7) is 0. The highest BCUT2D eigenvalue weighted by atomic mass is 79.9. The minimum Gasteiger partial charge on any atom is -0.280 e. The van der Waals surface area contributed by atoms with E-state index in [2.05, 4.69) is 46.2 Å². The van der Waals surface area contributed by atoms with Crippen molar-refractivity contribution in [2.75, 3.05) is 4.72 Å². The first-order chi connectivity index (χ1) is 11.0. The summed E-state index contributed by atoms with van der Waals surface area (Å²) in [5, 5.41) is 5.81. The van der Waals surface area contributed by atoms with Gasteiger partial charge in [-0.15, -0.1) is 5.10 Å². The van der Waals surface area contributed by atoms with E-state index in [9.17, 15) is 8.42 Å². The lowest BCUT2D eigenvalue weighted by molar-refractivity contribution is 0.600. The maximum absolute atomic E-state index is 12.5. The van der Waals surface area contributed by atoms with Crippen molar-refractivity contribution < 1.29 is 8.42 Å². The number of anilines is 1. The fourth-order valence-corrected chi connectivity index (χ4v) is 4.92. The van der Waals surface area contributed by atoms with Crippen molar-refractivity contribution in [3.05, 3.63) is 56.8 Å². The Balaban J connectivity index is 1.87. The van der Waals surface area contributed by atoms with Crippen LogP contribution in [-0.4, -0.2) is 18.0 Å². The maximum atomic E-state index is 12.5. The van der Waals surface area contributed by atoms with Crippen molar-refractivity contribution in [1.82, 2.24) is 9.59 Å². The second kappa shape index (κ2) is 6.68. The minimum atomic E-state index is -3.69. The summed E-state index contributed by atoms with van der Waals surface area (Å²) in [5.74, 6) is 0. The lowest BCUT2D eigenvalue weighted by Gasteiger charge is -2.10. The Labute approximate surface area is 154 Å². The first kappa shape index (κ1) is 16.6. The van der Waals surface area contributed by atoms with Crippen molar-refractivity contribution in [2.24, 2.45) is 0 Å². The molecule has 118 valence electrons. The molecule has 0 aliphatic carbocycles. The molecule has 1 aromatic heterocycles. The quantitative estimate of drug-likeness (QED) is 0.602. The minimum absolute atomic E-state index is 0.166. The Morgan fingerprint density at radius 2 is 1.78 bits per heavy atom. The zero-order valence-corrected chi connectivity index (χ0v) is 16.2. The van der Waals surface area contributed by atoms with Gasteiger partial charge in [0.05, 0.1) is 0 Å². The third-order valence-electron chi connectivity index (χ3n) is 2.98. The molecular weight excluding hydrogens is 466 g/mol. The number of rotatable bonds is 4. The zero-order chi connectivity index (χ0) is 16.4. The molecule has 2 aromatic carbocycles. The number of nitrogens with one attached hydrogen (secondary N) is 1. The van der Waals surface area contributed by atoms with Crippen LogP contribution in [0.1, 0.15) is 0 Å². The monoisotopic (exact) mass is 473 g/mol. The molecule has 0 radical (unpaired) electrons. The number of nitrogens with zero attached hydrogens (tertiary/aromatic N) is 2. The number of halogens is 2. The summed E-state index contributed by atoms with van der Waals surface area (Å²) in [6, 6.07) is 12.0. The van der Waals surface area contributed by atoms with Gasteiger partial charge >= 0.3 is 0 Å². The Hall–Kier alpha value is -1.29. The van der Waals surface area contributed by atoms with Gasteiger partial charge in [-0.25, -0.2) is 8.42 Å².